The summed E-state index contributed by atoms with van der Waals surface area (Å²) in [7, 11) is 0. The highest BCUT2D eigenvalue weighted by Crippen LogP contribution is 2.38. The van der Waals surface area contributed by atoms with Crippen LogP contribution in [0.3, 0.4) is 0 Å². The van der Waals surface area contributed by atoms with Gasteiger partial charge in [0.25, 0.3) is 0 Å². The van der Waals surface area contributed by atoms with E-state index in [1.165, 1.54) is 30.0 Å². The highest BCUT2D eigenvalue weighted by molar-refractivity contribution is 7.99. The van der Waals surface area contributed by atoms with Gasteiger partial charge in [0.2, 0.25) is 0 Å². The van der Waals surface area contributed by atoms with Gasteiger partial charge < -0.3 is 4.74 Å². The number of halogens is 5. The standard InChI is InChI=1S/C26H21Cl2F3N2OS/c1-26(2,16-6-11-19(27)20(28)14-16)23-15-32-25(33(23)18-9-7-17(29)8-10-18)35-13-12-34-24-21(30)4-3-5-22(24)31/h3-11,14-15H,12-13H2,1-2H3. The molecule has 0 aliphatic rings. The molecule has 0 bridgehead atoms. The van der Waals surface area contributed by atoms with Crippen LogP contribution >= 0.6 is 35.0 Å². The van der Waals surface area contributed by atoms with Crippen LogP contribution in [0.25, 0.3) is 5.69 Å². The minimum Gasteiger partial charge on any atom is -0.487 e. The van der Waals surface area contributed by atoms with Crippen molar-refractivity contribution in [1.82, 2.24) is 9.55 Å². The van der Waals surface area contributed by atoms with Crippen LogP contribution in [-0.2, 0) is 5.41 Å². The lowest BCUT2D eigenvalue weighted by molar-refractivity contribution is 0.305. The van der Waals surface area contributed by atoms with Gasteiger partial charge in [-0.05, 0) is 54.1 Å². The zero-order valence-corrected chi connectivity index (χ0v) is 21.2. The lowest BCUT2D eigenvalue weighted by Gasteiger charge is -2.28. The van der Waals surface area contributed by atoms with Crippen molar-refractivity contribution in [2.75, 3.05) is 12.4 Å². The topological polar surface area (TPSA) is 27.1 Å². The summed E-state index contributed by atoms with van der Waals surface area (Å²) in [6.07, 6.45) is 1.76. The van der Waals surface area contributed by atoms with Crippen LogP contribution in [0.15, 0.2) is 72.0 Å². The molecule has 3 nitrogen and oxygen atoms in total. The number of nitrogens with zero attached hydrogens (tertiary/aromatic N) is 2. The summed E-state index contributed by atoms with van der Waals surface area (Å²) >= 11 is 13.7. The van der Waals surface area contributed by atoms with Crippen molar-refractivity contribution in [3.05, 3.63) is 106 Å². The van der Waals surface area contributed by atoms with Crippen LogP contribution in [0, 0.1) is 17.5 Å². The number of thioether (sulfide) groups is 1. The largest absolute Gasteiger partial charge is 0.487 e. The molecular weight excluding hydrogens is 516 g/mol. The second-order valence-corrected chi connectivity index (χ2v) is 10.1. The molecule has 0 aliphatic carbocycles. The lowest BCUT2D eigenvalue weighted by Crippen LogP contribution is -2.23. The van der Waals surface area contributed by atoms with E-state index in [4.69, 9.17) is 27.9 Å². The van der Waals surface area contributed by atoms with Crippen LogP contribution < -0.4 is 4.74 Å². The molecule has 0 saturated carbocycles. The number of para-hydroxylation sites is 1. The van der Waals surface area contributed by atoms with Crippen LogP contribution in [0.4, 0.5) is 13.2 Å². The van der Waals surface area contributed by atoms with E-state index >= 15 is 0 Å². The fourth-order valence-corrected chi connectivity index (χ4v) is 4.75. The quantitative estimate of drug-likeness (QED) is 0.168. The first-order chi connectivity index (χ1) is 16.7. The van der Waals surface area contributed by atoms with Gasteiger partial charge in [0, 0.05) is 16.9 Å². The fraction of sp³-hybridized carbons (Fsp3) is 0.192. The fourth-order valence-electron chi connectivity index (χ4n) is 3.65. The molecule has 0 unspecified atom stereocenters. The maximum atomic E-state index is 13.8. The van der Waals surface area contributed by atoms with E-state index in [1.54, 1.807) is 24.4 Å². The molecule has 0 amide bonds. The average molecular weight is 537 g/mol. The molecule has 1 heterocycles. The van der Waals surface area contributed by atoms with Crippen molar-refractivity contribution >= 4 is 35.0 Å². The zero-order chi connectivity index (χ0) is 25.2. The number of benzene rings is 3. The molecule has 0 spiro atoms. The maximum absolute atomic E-state index is 13.8. The Hall–Kier alpha value is -2.61. The van der Waals surface area contributed by atoms with Crippen molar-refractivity contribution in [2.24, 2.45) is 0 Å². The lowest BCUT2D eigenvalue weighted by atomic mass is 9.81. The number of imidazole rings is 1. The second kappa shape index (κ2) is 10.6. The van der Waals surface area contributed by atoms with Gasteiger partial charge in [-0.15, -0.1) is 0 Å². The van der Waals surface area contributed by atoms with Gasteiger partial charge in [0.05, 0.1) is 28.5 Å². The van der Waals surface area contributed by atoms with E-state index in [0.29, 0.717) is 21.0 Å². The van der Waals surface area contributed by atoms with Gasteiger partial charge in [-0.2, -0.15) is 0 Å². The number of rotatable bonds is 8. The molecule has 0 fully saturated rings. The van der Waals surface area contributed by atoms with Crippen molar-refractivity contribution in [3.8, 4) is 11.4 Å². The molecule has 9 heteroatoms. The Morgan fingerprint density at radius 1 is 0.943 bits per heavy atom. The highest BCUT2D eigenvalue weighted by atomic mass is 35.5. The van der Waals surface area contributed by atoms with Gasteiger partial charge in [-0.25, -0.2) is 18.2 Å². The summed E-state index contributed by atoms with van der Waals surface area (Å²) in [5.74, 6) is -1.90. The third kappa shape index (κ3) is 5.47. The Morgan fingerprint density at radius 3 is 2.29 bits per heavy atom. The van der Waals surface area contributed by atoms with E-state index in [0.717, 1.165) is 29.1 Å². The Labute approximate surface area is 215 Å². The molecule has 1 aromatic heterocycles. The molecule has 0 saturated heterocycles. The Balaban J connectivity index is 1.64. The van der Waals surface area contributed by atoms with Crippen LogP contribution in [0.2, 0.25) is 10.0 Å². The van der Waals surface area contributed by atoms with Crippen molar-refractivity contribution < 1.29 is 17.9 Å². The smallest absolute Gasteiger partial charge is 0.190 e. The molecular formula is C26H21Cl2F3N2OS. The summed E-state index contributed by atoms with van der Waals surface area (Å²) in [5.41, 5.74) is 1.94. The maximum Gasteiger partial charge on any atom is 0.190 e. The summed E-state index contributed by atoms with van der Waals surface area (Å²) in [5, 5.41) is 1.52. The van der Waals surface area contributed by atoms with E-state index in [2.05, 4.69) is 4.98 Å². The third-order valence-corrected chi connectivity index (χ3v) is 7.23. The van der Waals surface area contributed by atoms with E-state index < -0.39 is 22.8 Å². The Kier molecular flexibility index (Phi) is 7.69. The van der Waals surface area contributed by atoms with Gasteiger partial charge in [0.1, 0.15) is 5.82 Å². The predicted octanol–water partition coefficient (Wildman–Crippen LogP) is 8.09. The average Bonchev–Trinajstić information content (AvgIpc) is 3.25. The van der Waals surface area contributed by atoms with Crippen molar-refractivity contribution in [2.45, 2.75) is 24.4 Å². The highest BCUT2D eigenvalue weighted by Gasteiger charge is 2.30. The summed E-state index contributed by atoms with van der Waals surface area (Å²) < 4.78 is 48.6. The first kappa shape index (κ1) is 25.5. The van der Waals surface area contributed by atoms with Crippen LogP contribution in [0.1, 0.15) is 25.1 Å². The van der Waals surface area contributed by atoms with Gasteiger partial charge in [0.15, 0.2) is 22.5 Å². The summed E-state index contributed by atoms with van der Waals surface area (Å²) in [6.45, 7) is 4.12. The van der Waals surface area contributed by atoms with Gasteiger partial charge in [-0.3, -0.25) is 4.57 Å². The molecule has 35 heavy (non-hydrogen) atoms. The normalized spacial score (nSPS) is 11.6. The molecule has 3 aromatic carbocycles. The molecule has 0 aliphatic heterocycles. The second-order valence-electron chi connectivity index (χ2n) is 8.24. The Bertz CT molecular complexity index is 1320. The first-order valence-electron chi connectivity index (χ1n) is 10.7. The summed E-state index contributed by atoms with van der Waals surface area (Å²) in [6, 6.07) is 15.1. The molecule has 0 atom stereocenters. The van der Waals surface area contributed by atoms with E-state index in [9.17, 15) is 13.2 Å². The molecule has 182 valence electrons. The number of aromatic nitrogens is 2. The molecule has 0 N–H and O–H groups in total. The van der Waals surface area contributed by atoms with Crippen LogP contribution in [0.5, 0.6) is 5.75 Å². The SMILES string of the molecule is CC(C)(c1ccc(Cl)c(Cl)c1)c1cnc(SCCOc2c(F)cccc2F)n1-c1ccc(F)cc1. The van der Waals surface area contributed by atoms with Crippen molar-refractivity contribution in [3.63, 3.8) is 0 Å². The van der Waals surface area contributed by atoms with Gasteiger partial charge in [-0.1, -0.05) is 60.9 Å². The van der Waals surface area contributed by atoms with Crippen LogP contribution in [-0.4, -0.2) is 21.9 Å². The number of hydrogen-bond donors (Lipinski definition) is 0. The van der Waals surface area contributed by atoms with E-state index in [-0.39, 0.29) is 12.4 Å². The molecule has 4 rings (SSSR count). The third-order valence-electron chi connectivity index (χ3n) is 5.58. The number of ether oxygens (including phenoxy) is 1. The first-order valence-corrected chi connectivity index (χ1v) is 12.4. The molecule has 0 radical (unpaired) electrons. The minimum atomic E-state index is -0.756. The number of hydrogen-bond acceptors (Lipinski definition) is 3. The molecule has 4 aromatic rings. The zero-order valence-electron chi connectivity index (χ0n) is 18.9. The predicted molar refractivity (Wildman–Crippen MR) is 135 cm³/mol. The Morgan fingerprint density at radius 2 is 1.63 bits per heavy atom. The minimum absolute atomic E-state index is 0.0598. The summed E-state index contributed by atoms with van der Waals surface area (Å²) in [4.78, 5) is 4.60. The monoisotopic (exact) mass is 536 g/mol. The van der Waals surface area contributed by atoms with Crippen molar-refractivity contribution in [1.29, 1.82) is 0 Å². The van der Waals surface area contributed by atoms with E-state index in [1.807, 2.05) is 30.5 Å². The van der Waals surface area contributed by atoms with Gasteiger partial charge >= 0.3 is 0 Å².